The third-order valence-corrected chi connectivity index (χ3v) is 2.59. The average molecular weight is 284 g/mol. The Morgan fingerprint density at radius 2 is 2.20 bits per heavy atom. The zero-order chi connectivity index (χ0) is 15.1. The number of carbonyl (C=O) groups excluding carboxylic acids is 1. The molecule has 0 saturated heterocycles. The fourth-order valence-electron chi connectivity index (χ4n) is 1.70. The maximum atomic E-state index is 11.4. The molecule has 0 aliphatic carbocycles. The van der Waals surface area contributed by atoms with E-state index in [1.165, 1.54) is 6.26 Å². The number of nitrogens with one attached hydrogen (secondary N) is 1. The number of aromatic nitrogens is 1. The summed E-state index contributed by atoms with van der Waals surface area (Å²) in [4.78, 5) is 26.4. The van der Waals surface area contributed by atoms with Gasteiger partial charge in [-0.25, -0.2) is 4.79 Å². The molecule has 0 saturated carbocycles. The monoisotopic (exact) mass is 284 g/mol. The van der Waals surface area contributed by atoms with Crippen LogP contribution >= 0.6 is 0 Å². The van der Waals surface area contributed by atoms with Crippen molar-refractivity contribution in [3.63, 3.8) is 0 Å². The van der Waals surface area contributed by atoms with E-state index in [2.05, 4.69) is 10.3 Å². The molecule has 0 spiro atoms. The van der Waals surface area contributed by atoms with Crippen molar-refractivity contribution in [3.05, 3.63) is 12.0 Å². The van der Waals surface area contributed by atoms with Crippen LogP contribution in [-0.4, -0.2) is 35.2 Å². The Labute approximate surface area is 117 Å². The van der Waals surface area contributed by atoms with Crippen molar-refractivity contribution in [3.8, 4) is 0 Å². The smallest absolute Gasteiger partial charge is 0.360 e. The predicted molar refractivity (Wildman–Crippen MR) is 71.5 cm³/mol. The van der Waals surface area contributed by atoms with Crippen molar-refractivity contribution >= 4 is 18.0 Å². The first kappa shape index (κ1) is 16.0. The highest BCUT2D eigenvalue weighted by atomic mass is 16.5. The summed E-state index contributed by atoms with van der Waals surface area (Å²) in [5.41, 5.74) is 0.0603. The van der Waals surface area contributed by atoms with E-state index >= 15 is 0 Å². The van der Waals surface area contributed by atoms with E-state index in [1.807, 2.05) is 13.8 Å². The van der Waals surface area contributed by atoms with Gasteiger partial charge in [0.05, 0.1) is 12.5 Å². The van der Waals surface area contributed by atoms with Crippen molar-refractivity contribution in [1.29, 1.82) is 0 Å². The van der Waals surface area contributed by atoms with Gasteiger partial charge < -0.3 is 19.6 Å². The highest BCUT2D eigenvalue weighted by molar-refractivity contribution is 5.87. The standard InChI is InChI=1S/C13H20N2O5/c1-4-19-12(18)10-7-20-13(15-10)14-6-9(11(16)17)5-8(2)3/h7-9H,4-6H2,1-3H3,(H,14,15)(H,16,17). The van der Waals surface area contributed by atoms with Crippen LogP contribution in [0.5, 0.6) is 0 Å². The summed E-state index contributed by atoms with van der Waals surface area (Å²) in [7, 11) is 0. The first-order chi connectivity index (χ1) is 9.43. The number of anilines is 1. The molecule has 1 unspecified atom stereocenters. The number of hydrogen-bond donors (Lipinski definition) is 2. The number of nitrogens with zero attached hydrogens (tertiary/aromatic N) is 1. The Bertz CT molecular complexity index is 455. The Morgan fingerprint density at radius 3 is 2.75 bits per heavy atom. The number of hydrogen-bond acceptors (Lipinski definition) is 6. The minimum Gasteiger partial charge on any atom is -0.481 e. The van der Waals surface area contributed by atoms with Gasteiger partial charge in [-0.2, -0.15) is 4.98 Å². The fourth-order valence-corrected chi connectivity index (χ4v) is 1.70. The average Bonchev–Trinajstić information content (AvgIpc) is 2.82. The van der Waals surface area contributed by atoms with E-state index in [-0.39, 0.29) is 30.8 Å². The lowest BCUT2D eigenvalue weighted by atomic mass is 9.97. The maximum absolute atomic E-state index is 11.4. The Kier molecular flexibility index (Phi) is 6.02. The molecule has 1 atom stereocenters. The number of carboxylic acids is 1. The molecular weight excluding hydrogens is 264 g/mol. The third kappa shape index (κ3) is 4.91. The molecule has 2 N–H and O–H groups in total. The van der Waals surface area contributed by atoms with Crippen LogP contribution in [0.15, 0.2) is 10.7 Å². The van der Waals surface area contributed by atoms with Crippen molar-refractivity contribution < 1.29 is 23.8 Å². The Hall–Kier alpha value is -2.05. The molecule has 1 aromatic rings. The minimum absolute atomic E-state index is 0.0603. The lowest BCUT2D eigenvalue weighted by molar-refractivity contribution is -0.141. The summed E-state index contributed by atoms with van der Waals surface area (Å²) in [5.74, 6) is -1.70. The van der Waals surface area contributed by atoms with Crippen LogP contribution in [0.1, 0.15) is 37.7 Å². The quantitative estimate of drug-likeness (QED) is 0.704. The highest BCUT2D eigenvalue weighted by Crippen LogP contribution is 2.14. The van der Waals surface area contributed by atoms with E-state index in [0.29, 0.717) is 6.42 Å². The van der Waals surface area contributed by atoms with Crippen LogP contribution in [0, 0.1) is 11.8 Å². The molecule has 7 nitrogen and oxygen atoms in total. The molecule has 0 aliphatic rings. The molecule has 20 heavy (non-hydrogen) atoms. The van der Waals surface area contributed by atoms with Gasteiger partial charge in [0.25, 0.3) is 6.01 Å². The van der Waals surface area contributed by atoms with Crippen LogP contribution < -0.4 is 5.32 Å². The zero-order valence-corrected chi connectivity index (χ0v) is 11.9. The Balaban J connectivity index is 2.56. The van der Waals surface area contributed by atoms with Crippen LogP contribution in [0.3, 0.4) is 0 Å². The van der Waals surface area contributed by atoms with Gasteiger partial charge >= 0.3 is 11.9 Å². The molecule has 0 amide bonds. The van der Waals surface area contributed by atoms with Gasteiger partial charge in [-0.05, 0) is 19.3 Å². The number of carboxylic acid groups (broad SMARTS) is 1. The molecule has 0 aliphatic heterocycles. The second-order valence-corrected chi connectivity index (χ2v) is 4.80. The lowest BCUT2D eigenvalue weighted by Crippen LogP contribution is -2.24. The molecule has 112 valence electrons. The molecule has 0 aromatic carbocycles. The van der Waals surface area contributed by atoms with Gasteiger partial charge in [-0.1, -0.05) is 13.8 Å². The van der Waals surface area contributed by atoms with E-state index in [1.54, 1.807) is 6.92 Å². The SMILES string of the molecule is CCOC(=O)c1coc(NCC(CC(C)C)C(=O)O)n1. The van der Waals surface area contributed by atoms with Crippen LogP contribution in [0.4, 0.5) is 6.01 Å². The molecule has 1 heterocycles. The molecule has 0 radical (unpaired) electrons. The fraction of sp³-hybridized carbons (Fsp3) is 0.615. The number of rotatable bonds is 8. The maximum Gasteiger partial charge on any atom is 0.360 e. The molecule has 7 heteroatoms. The number of oxazole rings is 1. The zero-order valence-electron chi connectivity index (χ0n) is 11.9. The summed E-state index contributed by atoms with van der Waals surface area (Å²) in [6.45, 7) is 6.06. The second kappa shape index (κ2) is 7.52. The third-order valence-electron chi connectivity index (χ3n) is 2.59. The van der Waals surface area contributed by atoms with Crippen molar-refractivity contribution in [2.45, 2.75) is 27.2 Å². The summed E-state index contributed by atoms with van der Waals surface area (Å²) in [6.07, 6.45) is 1.73. The van der Waals surface area contributed by atoms with Crippen LogP contribution in [-0.2, 0) is 9.53 Å². The van der Waals surface area contributed by atoms with Crippen LogP contribution in [0.25, 0.3) is 0 Å². The van der Waals surface area contributed by atoms with Gasteiger partial charge in [-0.3, -0.25) is 4.79 Å². The topological polar surface area (TPSA) is 102 Å². The number of ether oxygens (including phenoxy) is 1. The molecule has 0 bridgehead atoms. The van der Waals surface area contributed by atoms with E-state index in [0.717, 1.165) is 0 Å². The summed E-state index contributed by atoms with van der Waals surface area (Å²) < 4.78 is 9.83. The first-order valence-electron chi connectivity index (χ1n) is 6.53. The summed E-state index contributed by atoms with van der Waals surface area (Å²) in [5, 5.41) is 11.9. The highest BCUT2D eigenvalue weighted by Gasteiger charge is 2.20. The second-order valence-electron chi connectivity index (χ2n) is 4.80. The number of esters is 1. The van der Waals surface area contributed by atoms with Gasteiger partial charge in [0, 0.05) is 6.54 Å². The summed E-state index contributed by atoms with van der Waals surface area (Å²) in [6, 6.07) is 0.114. The molecule has 1 aromatic heterocycles. The Morgan fingerprint density at radius 1 is 1.50 bits per heavy atom. The van der Waals surface area contributed by atoms with Crippen molar-refractivity contribution in [2.75, 3.05) is 18.5 Å². The predicted octanol–water partition coefficient (Wildman–Crippen LogP) is 2.01. The van der Waals surface area contributed by atoms with Gasteiger partial charge in [0.2, 0.25) is 0 Å². The van der Waals surface area contributed by atoms with Gasteiger partial charge in [0.1, 0.15) is 6.26 Å². The van der Waals surface area contributed by atoms with Crippen molar-refractivity contribution in [1.82, 2.24) is 4.98 Å². The molecular formula is C13H20N2O5. The molecule has 1 rings (SSSR count). The molecule has 0 fully saturated rings. The van der Waals surface area contributed by atoms with Gasteiger partial charge in [-0.15, -0.1) is 0 Å². The largest absolute Gasteiger partial charge is 0.481 e. The lowest BCUT2D eigenvalue weighted by Gasteiger charge is -2.14. The van der Waals surface area contributed by atoms with E-state index in [9.17, 15) is 9.59 Å². The number of aliphatic carboxylic acids is 1. The van der Waals surface area contributed by atoms with E-state index in [4.69, 9.17) is 14.3 Å². The normalized spacial score (nSPS) is 12.2. The van der Waals surface area contributed by atoms with Crippen LogP contribution in [0.2, 0.25) is 0 Å². The van der Waals surface area contributed by atoms with Crippen molar-refractivity contribution in [2.24, 2.45) is 11.8 Å². The number of carbonyl (C=O) groups is 2. The van der Waals surface area contributed by atoms with Gasteiger partial charge in [0.15, 0.2) is 5.69 Å². The van der Waals surface area contributed by atoms with E-state index < -0.39 is 17.9 Å². The summed E-state index contributed by atoms with van der Waals surface area (Å²) >= 11 is 0. The first-order valence-corrected chi connectivity index (χ1v) is 6.53. The minimum atomic E-state index is -0.872.